The molecule has 2 rings (SSSR count). The first-order chi connectivity index (χ1) is 8.50. The quantitative estimate of drug-likeness (QED) is 0.867. The molecule has 0 radical (unpaired) electrons. The number of anilines is 1. The van der Waals surface area contributed by atoms with Crippen LogP contribution in [0.15, 0.2) is 12.3 Å². The van der Waals surface area contributed by atoms with Crippen LogP contribution in [0.2, 0.25) is 0 Å². The van der Waals surface area contributed by atoms with Gasteiger partial charge < -0.3 is 10.4 Å². The Bertz CT molecular complexity index is 456. The third-order valence-corrected chi connectivity index (χ3v) is 3.46. The van der Waals surface area contributed by atoms with Crippen molar-refractivity contribution in [3.05, 3.63) is 23.6 Å². The average Bonchev–Trinajstić information content (AvgIpc) is 2.32. The summed E-state index contributed by atoms with van der Waals surface area (Å²) in [4.78, 5) is 14.9. The van der Waals surface area contributed by atoms with Crippen LogP contribution in [0.25, 0.3) is 0 Å². The Balaban J connectivity index is 2.25. The number of carboxylic acids is 1. The SMILES string of the molecule is CC1(Nc2ncc(F)cc2C(=O)O)CCCCC1. The second-order valence-electron chi connectivity index (χ2n) is 5.10. The first-order valence-corrected chi connectivity index (χ1v) is 6.17. The number of hydrogen-bond acceptors (Lipinski definition) is 3. The maximum atomic E-state index is 13.0. The third-order valence-electron chi connectivity index (χ3n) is 3.46. The molecule has 0 spiro atoms. The first-order valence-electron chi connectivity index (χ1n) is 6.17. The van der Waals surface area contributed by atoms with Gasteiger partial charge in [0.05, 0.1) is 6.20 Å². The smallest absolute Gasteiger partial charge is 0.339 e. The van der Waals surface area contributed by atoms with Gasteiger partial charge in [0.2, 0.25) is 0 Å². The summed E-state index contributed by atoms with van der Waals surface area (Å²) in [5.41, 5.74) is -0.255. The standard InChI is InChI=1S/C13H17FN2O2/c1-13(5-3-2-4-6-13)16-11-10(12(17)18)7-9(14)8-15-11/h7-8H,2-6H2,1H3,(H,15,16)(H,17,18). The number of rotatable bonds is 3. The summed E-state index contributed by atoms with van der Waals surface area (Å²) < 4.78 is 13.0. The normalized spacial score (nSPS) is 18.3. The zero-order valence-corrected chi connectivity index (χ0v) is 10.4. The molecule has 4 nitrogen and oxygen atoms in total. The fraction of sp³-hybridized carbons (Fsp3) is 0.538. The molecule has 5 heteroatoms. The molecule has 18 heavy (non-hydrogen) atoms. The number of halogens is 1. The molecule has 0 amide bonds. The van der Waals surface area contributed by atoms with Crippen LogP contribution in [0.4, 0.5) is 10.2 Å². The predicted octanol–water partition coefficient (Wildman–Crippen LogP) is 3.05. The van der Waals surface area contributed by atoms with Gasteiger partial charge in [-0.05, 0) is 25.8 Å². The van der Waals surface area contributed by atoms with Gasteiger partial charge in [-0.15, -0.1) is 0 Å². The second kappa shape index (κ2) is 4.92. The topological polar surface area (TPSA) is 62.2 Å². The van der Waals surface area contributed by atoms with Crippen LogP contribution in [0.5, 0.6) is 0 Å². The van der Waals surface area contributed by atoms with Crippen molar-refractivity contribution in [3.8, 4) is 0 Å². The minimum Gasteiger partial charge on any atom is -0.478 e. The van der Waals surface area contributed by atoms with Gasteiger partial charge in [0.25, 0.3) is 0 Å². The van der Waals surface area contributed by atoms with E-state index < -0.39 is 11.8 Å². The van der Waals surface area contributed by atoms with Gasteiger partial charge in [0.15, 0.2) is 0 Å². The average molecular weight is 252 g/mol. The molecule has 0 saturated heterocycles. The number of carboxylic acid groups (broad SMARTS) is 1. The fourth-order valence-corrected chi connectivity index (χ4v) is 2.44. The van der Waals surface area contributed by atoms with E-state index in [-0.39, 0.29) is 16.9 Å². The zero-order chi connectivity index (χ0) is 13.2. The van der Waals surface area contributed by atoms with Crippen LogP contribution in [0, 0.1) is 5.82 Å². The minimum atomic E-state index is -1.16. The lowest BCUT2D eigenvalue weighted by Gasteiger charge is -2.35. The summed E-state index contributed by atoms with van der Waals surface area (Å²) in [6.45, 7) is 2.06. The molecule has 1 aromatic heterocycles. The molecule has 0 aromatic carbocycles. The van der Waals surface area contributed by atoms with E-state index in [0.717, 1.165) is 37.9 Å². The number of aromatic nitrogens is 1. The van der Waals surface area contributed by atoms with Gasteiger partial charge in [0.1, 0.15) is 17.2 Å². The lowest BCUT2D eigenvalue weighted by Crippen LogP contribution is -2.37. The molecule has 1 aromatic rings. The van der Waals surface area contributed by atoms with Crippen molar-refractivity contribution in [2.24, 2.45) is 0 Å². The van der Waals surface area contributed by atoms with Crippen LogP contribution in [-0.2, 0) is 0 Å². The number of nitrogens with zero attached hydrogens (tertiary/aromatic N) is 1. The van der Waals surface area contributed by atoms with Crippen LogP contribution in [0.3, 0.4) is 0 Å². The highest BCUT2D eigenvalue weighted by molar-refractivity contribution is 5.93. The molecule has 1 heterocycles. The largest absolute Gasteiger partial charge is 0.478 e. The lowest BCUT2D eigenvalue weighted by molar-refractivity contribution is 0.0697. The summed E-state index contributed by atoms with van der Waals surface area (Å²) in [6.07, 6.45) is 6.44. The Morgan fingerprint density at radius 3 is 2.72 bits per heavy atom. The predicted molar refractivity (Wildman–Crippen MR) is 66.3 cm³/mol. The number of aromatic carboxylic acids is 1. The first kappa shape index (κ1) is 12.8. The molecule has 1 fully saturated rings. The monoisotopic (exact) mass is 252 g/mol. The molecular formula is C13H17FN2O2. The van der Waals surface area contributed by atoms with Crippen LogP contribution in [-0.4, -0.2) is 21.6 Å². The molecule has 0 unspecified atom stereocenters. The van der Waals surface area contributed by atoms with Crippen molar-refractivity contribution in [1.82, 2.24) is 4.98 Å². The Morgan fingerprint density at radius 1 is 1.44 bits per heavy atom. The molecule has 1 saturated carbocycles. The van der Waals surface area contributed by atoms with Crippen molar-refractivity contribution in [1.29, 1.82) is 0 Å². The molecule has 1 aliphatic rings. The van der Waals surface area contributed by atoms with Crippen LogP contribution >= 0.6 is 0 Å². The van der Waals surface area contributed by atoms with Gasteiger partial charge in [-0.3, -0.25) is 0 Å². The van der Waals surface area contributed by atoms with Crippen molar-refractivity contribution in [2.75, 3.05) is 5.32 Å². The van der Waals surface area contributed by atoms with Crippen LogP contribution < -0.4 is 5.32 Å². The highest BCUT2D eigenvalue weighted by atomic mass is 19.1. The van der Waals surface area contributed by atoms with Crippen molar-refractivity contribution in [2.45, 2.75) is 44.6 Å². The van der Waals surface area contributed by atoms with Crippen molar-refractivity contribution < 1.29 is 14.3 Å². The second-order valence-corrected chi connectivity index (χ2v) is 5.10. The van der Waals surface area contributed by atoms with E-state index in [4.69, 9.17) is 5.11 Å². The summed E-state index contributed by atoms with van der Waals surface area (Å²) in [5.74, 6) is -1.54. The zero-order valence-electron chi connectivity index (χ0n) is 10.4. The van der Waals surface area contributed by atoms with E-state index in [1.54, 1.807) is 0 Å². The Hall–Kier alpha value is -1.65. The number of pyridine rings is 1. The highest BCUT2D eigenvalue weighted by Gasteiger charge is 2.28. The maximum Gasteiger partial charge on any atom is 0.339 e. The molecule has 0 atom stereocenters. The summed E-state index contributed by atoms with van der Waals surface area (Å²) in [6, 6.07) is 1.00. The number of hydrogen-bond donors (Lipinski definition) is 2. The van der Waals surface area contributed by atoms with Gasteiger partial charge in [0, 0.05) is 5.54 Å². The molecule has 0 bridgehead atoms. The van der Waals surface area contributed by atoms with Crippen molar-refractivity contribution >= 4 is 11.8 Å². The molecule has 98 valence electrons. The highest BCUT2D eigenvalue weighted by Crippen LogP contribution is 2.31. The summed E-state index contributed by atoms with van der Waals surface area (Å²) >= 11 is 0. The third kappa shape index (κ3) is 2.78. The Kier molecular flexibility index (Phi) is 3.50. The van der Waals surface area contributed by atoms with E-state index in [1.807, 2.05) is 0 Å². The van der Waals surface area contributed by atoms with E-state index in [1.165, 1.54) is 6.42 Å². The molecule has 0 aliphatic heterocycles. The number of nitrogens with one attached hydrogen (secondary N) is 1. The lowest BCUT2D eigenvalue weighted by atomic mass is 9.83. The molecule has 2 N–H and O–H groups in total. The molecule has 1 aliphatic carbocycles. The summed E-state index contributed by atoms with van der Waals surface area (Å²) in [5, 5.41) is 12.2. The van der Waals surface area contributed by atoms with E-state index in [0.29, 0.717) is 0 Å². The fourth-order valence-electron chi connectivity index (χ4n) is 2.44. The van der Waals surface area contributed by atoms with Gasteiger partial charge in [-0.2, -0.15) is 0 Å². The van der Waals surface area contributed by atoms with Crippen molar-refractivity contribution in [3.63, 3.8) is 0 Å². The van der Waals surface area contributed by atoms with E-state index in [9.17, 15) is 9.18 Å². The Morgan fingerprint density at radius 2 is 2.11 bits per heavy atom. The van der Waals surface area contributed by atoms with E-state index >= 15 is 0 Å². The van der Waals surface area contributed by atoms with Gasteiger partial charge >= 0.3 is 5.97 Å². The maximum absolute atomic E-state index is 13.0. The van der Waals surface area contributed by atoms with Gasteiger partial charge in [-0.25, -0.2) is 14.2 Å². The van der Waals surface area contributed by atoms with E-state index in [2.05, 4.69) is 17.2 Å². The molecular weight excluding hydrogens is 235 g/mol. The van der Waals surface area contributed by atoms with Gasteiger partial charge in [-0.1, -0.05) is 19.3 Å². The minimum absolute atomic E-state index is 0.109. The number of carbonyl (C=O) groups is 1. The Labute approximate surface area is 105 Å². The van der Waals surface area contributed by atoms with Crippen LogP contribution in [0.1, 0.15) is 49.4 Å². The summed E-state index contributed by atoms with van der Waals surface area (Å²) in [7, 11) is 0.